The number of amides is 1. The molecule has 6 heteroatoms. The number of hydrogen-bond acceptors (Lipinski definition) is 4. The molecule has 1 aromatic heterocycles. The second-order valence-corrected chi connectivity index (χ2v) is 4.08. The number of nitro benzene ring substituents is 1. The molecule has 0 bridgehead atoms. The molecule has 0 atom stereocenters. The van der Waals surface area contributed by atoms with E-state index in [0.717, 1.165) is 10.1 Å². The van der Waals surface area contributed by atoms with Crippen molar-refractivity contribution >= 4 is 33.0 Å². The first kappa shape index (κ1) is 10.6. The number of carbonyl (C=O) groups is 1. The summed E-state index contributed by atoms with van der Waals surface area (Å²) in [4.78, 5) is 21.6. The molecule has 2 rings (SSSR count). The summed E-state index contributed by atoms with van der Waals surface area (Å²) in [5, 5.41) is 15.6. The molecule has 1 amide bonds. The SMILES string of the molecule is CNC(=O)c1csc2cc([N+](=O)[O-])ccc12. The zero-order chi connectivity index (χ0) is 11.7. The summed E-state index contributed by atoms with van der Waals surface area (Å²) in [7, 11) is 1.55. The van der Waals surface area contributed by atoms with Gasteiger partial charge in [-0.3, -0.25) is 14.9 Å². The Balaban J connectivity index is 2.59. The van der Waals surface area contributed by atoms with Crippen molar-refractivity contribution in [2.45, 2.75) is 0 Å². The van der Waals surface area contributed by atoms with E-state index >= 15 is 0 Å². The van der Waals surface area contributed by atoms with Crippen LogP contribution in [-0.4, -0.2) is 17.9 Å². The van der Waals surface area contributed by atoms with E-state index in [0.29, 0.717) is 5.56 Å². The van der Waals surface area contributed by atoms with Gasteiger partial charge in [-0.05, 0) is 6.07 Å². The second-order valence-electron chi connectivity index (χ2n) is 3.17. The van der Waals surface area contributed by atoms with Crippen molar-refractivity contribution in [1.29, 1.82) is 0 Å². The molecule has 2 aromatic rings. The maximum absolute atomic E-state index is 11.5. The smallest absolute Gasteiger partial charge is 0.270 e. The van der Waals surface area contributed by atoms with Gasteiger partial charge in [0.15, 0.2) is 0 Å². The van der Waals surface area contributed by atoms with Crippen molar-refractivity contribution in [3.8, 4) is 0 Å². The highest BCUT2D eigenvalue weighted by Crippen LogP contribution is 2.29. The lowest BCUT2D eigenvalue weighted by Crippen LogP contribution is -2.17. The third-order valence-electron chi connectivity index (χ3n) is 2.24. The number of nitro groups is 1. The fourth-order valence-corrected chi connectivity index (χ4v) is 2.41. The Kier molecular flexibility index (Phi) is 2.57. The largest absolute Gasteiger partial charge is 0.355 e. The van der Waals surface area contributed by atoms with Gasteiger partial charge in [0.1, 0.15) is 0 Å². The van der Waals surface area contributed by atoms with Gasteiger partial charge in [-0.25, -0.2) is 0 Å². The average molecular weight is 236 g/mol. The van der Waals surface area contributed by atoms with Crippen LogP contribution in [0.5, 0.6) is 0 Å². The Hall–Kier alpha value is -1.95. The van der Waals surface area contributed by atoms with Crippen LogP contribution < -0.4 is 5.32 Å². The second kappa shape index (κ2) is 3.90. The highest BCUT2D eigenvalue weighted by molar-refractivity contribution is 7.17. The van der Waals surface area contributed by atoms with Gasteiger partial charge in [0.05, 0.1) is 10.5 Å². The number of nitrogens with one attached hydrogen (secondary N) is 1. The van der Waals surface area contributed by atoms with Crippen molar-refractivity contribution in [3.05, 3.63) is 39.3 Å². The van der Waals surface area contributed by atoms with E-state index < -0.39 is 4.92 Å². The molecule has 5 nitrogen and oxygen atoms in total. The van der Waals surface area contributed by atoms with Crippen molar-refractivity contribution in [3.63, 3.8) is 0 Å². The lowest BCUT2D eigenvalue weighted by molar-refractivity contribution is -0.384. The van der Waals surface area contributed by atoms with Crippen LogP contribution in [0, 0.1) is 10.1 Å². The minimum atomic E-state index is -0.446. The molecule has 82 valence electrons. The maximum Gasteiger partial charge on any atom is 0.270 e. The average Bonchev–Trinajstić information content (AvgIpc) is 2.70. The number of rotatable bonds is 2. The molecule has 1 heterocycles. The van der Waals surface area contributed by atoms with E-state index in [1.807, 2.05) is 0 Å². The highest BCUT2D eigenvalue weighted by Gasteiger charge is 2.13. The Morgan fingerprint density at radius 2 is 2.25 bits per heavy atom. The molecule has 0 fully saturated rings. The van der Waals surface area contributed by atoms with Crippen LogP contribution in [0.1, 0.15) is 10.4 Å². The van der Waals surface area contributed by atoms with E-state index in [2.05, 4.69) is 5.32 Å². The summed E-state index contributed by atoms with van der Waals surface area (Å²) in [5.41, 5.74) is 0.593. The van der Waals surface area contributed by atoms with Gasteiger partial charge in [0, 0.05) is 34.6 Å². The molecule has 0 spiro atoms. The van der Waals surface area contributed by atoms with E-state index in [4.69, 9.17) is 0 Å². The Morgan fingerprint density at radius 1 is 1.50 bits per heavy atom. The van der Waals surface area contributed by atoms with Crippen LogP contribution in [0.2, 0.25) is 0 Å². The van der Waals surface area contributed by atoms with Crippen LogP contribution >= 0.6 is 11.3 Å². The van der Waals surface area contributed by atoms with Gasteiger partial charge in [-0.15, -0.1) is 11.3 Å². The van der Waals surface area contributed by atoms with E-state index in [9.17, 15) is 14.9 Å². The molecular formula is C10H8N2O3S. The van der Waals surface area contributed by atoms with Gasteiger partial charge < -0.3 is 5.32 Å². The van der Waals surface area contributed by atoms with Crippen LogP contribution in [-0.2, 0) is 0 Å². The van der Waals surface area contributed by atoms with E-state index in [1.54, 1.807) is 18.5 Å². The van der Waals surface area contributed by atoms with Crippen molar-refractivity contribution < 1.29 is 9.72 Å². The number of fused-ring (bicyclic) bond motifs is 1. The monoisotopic (exact) mass is 236 g/mol. The summed E-state index contributed by atoms with van der Waals surface area (Å²) in [6.45, 7) is 0. The molecule has 1 aromatic carbocycles. The van der Waals surface area contributed by atoms with Gasteiger partial charge in [0.2, 0.25) is 0 Å². The summed E-state index contributed by atoms with van der Waals surface area (Å²) in [6.07, 6.45) is 0. The third kappa shape index (κ3) is 1.63. The number of benzene rings is 1. The Morgan fingerprint density at radius 3 is 2.88 bits per heavy atom. The third-order valence-corrected chi connectivity index (χ3v) is 3.19. The maximum atomic E-state index is 11.5. The molecule has 1 N–H and O–H groups in total. The first-order valence-corrected chi connectivity index (χ1v) is 5.39. The normalized spacial score (nSPS) is 10.3. The van der Waals surface area contributed by atoms with Gasteiger partial charge in [0.25, 0.3) is 11.6 Å². The quantitative estimate of drug-likeness (QED) is 0.641. The minimum absolute atomic E-state index is 0.0396. The van der Waals surface area contributed by atoms with Gasteiger partial charge >= 0.3 is 0 Å². The van der Waals surface area contributed by atoms with Crippen LogP contribution in [0.4, 0.5) is 5.69 Å². The predicted molar refractivity (Wildman–Crippen MR) is 61.9 cm³/mol. The number of nitrogens with zero attached hydrogens (tertiary/aromatic N) is 1. The first-order chi connectivity index (χ1) is 7.63. The zero-order valence-corrected chi connectivity index (χ0v) is 9.21. The lowest BCUT2D eigenvalue weighted by atomic mass is 10.1. The molecule has 0 unspecified atom stereocenters. The van der Waals surface area contributed by atoms with Crippen molar-refractivity contribution in [2.75, 3.05) is 7.05 Å². The highest BCUT2D eigenvalue weighted by atomic mass is 32.1. The fraction of sp³-hybridized carbons (Fsp3) is 0.100. The van der Waals surface area contributed by atoms with Crippen LogP contribution in [0.15, 0.2) is 23.6 Å². The molecule has 0 aliphatic heterocycles. The molecule has 0 aliphatic carbocycles. The topological polar surface area (TPSA) is 72.2 Å². The van der Waals surface area contributed by atoms with Crippen LogP contribution in [0.25, 0.3) is 10.1 Å². The minimum Gasteiger partial charge on any atom is -0.355 e. The lowest BCUT2D eigenvalue weighted by Gasteiger charge is -1.97. The predicted octanol–water partition coefficient (Wildman–Crippen LogP) is 2.17. The molecule has 0 saturated heterocycles. The molecule has 0 radical (unpaired) electrons. The number of non-ortho nitro benzene ring substituents is 1. The standard InChI is InChI=1S/C10H8N2O3S/c1-11-10(13)8-5-16-9-4-6(12(14)15)2-3-7(8)9/h2-5H,1H3,(H,11,13). The van der Waals surface area contributed by atoms with Crippen molar-refractivity contribution in [1.82, 2.24) is 5.32 Å². The Bertz CT molecular complexity index is 576. The van der Waals surface area contributed by atoms with Crippen LogP contribution in [0.3, 0.4) is 0 Å². The fourth-order valence-electron chi connectivity index (χ4n) is 1.44. The molecule has 16 heavy (non-hydrogen) atoms. The summed E-state index contributed by atoms with van der Waals surface area (Å²) in [5.74, 6) is -0.180. The first-order valence-electron chi connectivity index (χ1n) is 4.51. The molecule has 0 saturated carbocycles. The van der Waals surface area contributed by atoms with Gasteiger partial charge in [-0.2, -0.15) is 0 Å². The van der Waals surface area contributed by atoms with Gasteiger partial charge in [-0.1, -0.05) is 0 Å². The van der Waals surface area contributed by atoms with Crippen molar-refractivity contribution in [2.24, 2.45) is 0 Å². The van der Waals surface area contributed by atoms with E-state index in [-0.39, 0.29) is 11.6 Å². The number of thiophene rings is 1. The Labute approximate surface area is 94.8 Å². The summed E-state index contributed by atoms with van der Waals surface area (Å²) < 4.78 is 0.743. The molecule has 0 aliphatic rings. The number of hydrogen-bond donors (Lipinski definition) is 1. The van der Waals surface area contributed by atoms with E-state index in [1.165, 1.54) is 23.5 Å². The summed E-state index contributed by atoms with van der Waals surface area (Å²) in [6, 6.07) is 4.49. The number of carbonyl (C=O) groups excluding carboxylic acids is 1. The summed E-state index contributed by atoms with van der Waals surface area (Å²) >= 11 is 1.32. The zero-order valence-electron chi connectivity index (χ0n) is 8.39. The molecular weight excluding hydrogens is 228 g/mol.